The molecule has 1 aliphatic rings. The van der Waals surface area contributed by atoms with Gasteiger partial charge in [0.15, 0.2) is 0 Å². The van der Waals surface area contributed by atoms with Crippen LogP contribution in [0, 0.1) is 0 Å². The first kappa shape index (κ1) is 5.98. The van der Waals surface area contributed by atoms with Gasteiger partial charge >= 0.3 is 0 Å². The van der Waals surface area contributed by atoms with Crippen LogP contribution in [0.3, 0.4) is 0 Å². The molecule has 0 aromatic heterocycles. The Labute approximate surface area is 64.3 Å². The second kappa shape index (κ2) is 2.46. The normalized spacial score (nSPS) is 14.8. The quantitative estimate of drug-likeness (QED) is 0.543. The molecule has 0 saturated carbocycles. The van der Waals surface area contributed by atoms with Gasteiger partial charge in [-0.05, 0) is 11.6 Å². The zero-order chi connectivity index (χ0) is 6.81. The molecule has 0 saturated heterocycles. The van der Waals surface area contributed by atoms with Gasteiger partial charge in [-0.2, -0.15) is 0 Å². The first-order chi connectivity index (χ1) is 4.97. The highest BCUT2D eigenvalue weighted by molar-refractivity contribution is 7.98. The molecular formula is C8H8NS. The minimum Gasteiger partial charge on any atom is -0.238 e. The summed E-state index contributed by atoms with van der Waals surface area (Å²) >= 11 is 1.10. The Morgan fingerprint density at radius 2 is 2.20 bits per heavy atom. The summed E-state index contributed by atoms with van der Waals surface area (Å²) in [5, 5.41) is 0. The molecule has 0 unspecified atom stereocenters. The summed E-state index contributed by atoms with van der Waals surface area (Å²) in [7, 11) is 0. The standard InChI is InChI=1S/C8H8NS/c1-2-4-8-7(3-1)5-6-9-10-8/h1-4,6,10H,5H2. The minimum atomic E-state index is 1.00. The third kappa shape index (κ3) is 0.948. The first-order valence-corrected chi connectivity index (χ1v) is 4.12. The summed E-state index contributed by atoms with van der Waals surface area (Å²) in [5.74, 6) is 0. The lowest BCUT2D eigenvalue weighted by Crippen LogP contribution is -1.92. The Morgan fingerprint density at radius 3 is 3.10 bits per heavy atom. The molecule has 0 spiro atoms. The fourth-order valence-corrected chi connectivity index (χ4v) is 1.76. The third-order valence-electron chi connectivity index (χ3n) is 1.55. The Bertz CT molecular complexity index is 241. The van der Waals surface area contributed by atoms with E-state index in [9.17, 15) is 0 Å². The molecule has 0 atom stereocenters. The number of fused-ring (bicyclic) bond motifs is 1. The molecule has 2 rings (SSSR count). The SMILES string of the molecule is C1=N[SH]c2ccccc2C1. The van der Waals surface area contributed by atoms with Crippen molar-refractivity contribution in [2.45, 2.75) is 11.3 Å². The highest BCUT2D eigenvalue weighted by Gasteiger charge is 2.01. The van der Waals surface area contributed by atoms with E-state index in [-0.39, 0.29) is 0 Å². The van der Waals surface area contributed by atoms with E-state index in [4.69, 9.17) is 0 Å². The van der Waals surface area contributed by atoms with Gasteiger partial charge in [-0.25, -0.2) is 4.40 Å². The lowest BCUT2D eigenvalue weighted by atomic mass is 10.2. The van der Waals surface area contributed by atoms with Crippen LogP contribution in [-0.4, -0.2) is 6.21 Å². The minimum absolute atomic E-state index is 1.00. The summed E-state index contributed by atoms with van der Waals surface area (Å²) in [4.78, 5) is 1.35. The number of thiol groups is 1. The Morgan fingerprint density at radius 1 is 1.30 bits per heavy atom. The van der Waals surface area contributed by atoms with Crippen LogP contribution >= 0.6 is 11.9 Å². The van der Waals surface area contributed by atoms with Crippen LogP contribution in [0.15, 0.2) is 33.6 Å². The summed E-state index contributed by atoms with van der Waals surface area (Å²) in [5.41, 5.74) is 1.42. The van der Waals surface area contributed by atoms with Crippen LogP contribution in [0.4, 0.5) is 0 Å². The average Bonchev–Trinajstić information content (AvgIpc) is 2.05. The second-order valence-corrected chi connectivity index (χ2v) is 3.14. The van der Waals surface area contributed by atoms with Crippen molar-refractivity contribution >= 4 is 18.2 Å². The van der Waals surface area contributed by atoms with E-state index in [0.717, 1.165) is 18.4 Å². The van der Waals surface area contributed by atoms with Crippen LogP contribution in [-0.2, 0) is 6.42 Å². The fourth-order valence-electron chi connectivity index (χ4n) is 1.02. The number of hydrogen-bond acceptors (Lipinski definition) is 1. The smallest absolute Gasteiger partial charge is 0.0193 e. The lowest BCUT2D eigenvalue weighted by Gasteiger charge is -2.08. The molecule has 1 aliphatic heterocycles. The highest BCUT2D eigenvalue weighted by Crippen LogP contribution is 2.26. The highest BCUT2D eigenvalue weighted by atomic mass is 32.2. The molecule has 1 radical (unpaired) electrons. The largest absolute Gasteiger partial charge is 0.238 e. The monoisotopic (exact) mass is 150 g/mol. The van der Waals surface area contributed by atoms with Crippen molar-refractivity contribution in [3.05, 3.63) is 29.8 Å². The average molecular weight is 150 g/mol. The molecule has 0 amide bonds. The predicted octanol–water partition coefficient (Wildman–Crippen LogP) is 2.05. The van der Waals surface area contributed by atoms with Crippen molar-refractivity contribution in [2.75, 3.05) is 0 Å². The molecule has 0 aliphatic carbocycles. The number of nitrogens with zero attached hydrogens (tertiary/aromatic N) is 1. The van der Waals surface area contributed by atoms with Crippen LogP contribution < -0.4 is 0 Å². The molecule has 1 aromatic carbocycles. The van der Waals surface area contributed by atoms with E-state index in [1.165, 1.54) is 10.5 Å². The van der Waals surface area contributed by atoms with Gasteiger partial charge < -0.3 is 0 Å². The van der Waals surface area contributed by atoms with E-state index in [0.29, 0.717) is 0 Å². The van der Waals surface area contributed by atoms with E-state index >= 15 is 0 Å². The third-order valence-corrected chi connectivity index (χ3v) is 2.48. The zero-order valence-corrected chi connectivity index (χ0v) is 6.38. The molecule has 10 heavy (non-hydrogen) atoms. The molecule has 2 heteroatoms. The molecule has 1 aromatic rings. The van der Waals surface area contributed by atoms with Gasteiger partial charge in [-0.1, -0.05) is 30.1 Å². The lowest BCUT2D eigenvalue weighted by molar-refractivity contribution is 1.22. The van der Waals surface area contributed by atoms with Crippen molar-refractivity contribution in [1.29, 1.82) is 0 Å². The second-order valence-electron chi connectivity index (χ2n) is 2.23. The van der Waals surface area contributed by atoms with Gasteiger partial charge in [0.05, 0.1) is 0 Å². The Kier molecular flexibility index (Phi) is 1.47. The van der Waals surface area contributed by atoms with Gasteiger partial charge in [0.1, 0.15) is 0 Å². The molecule has 0 fully saturated rings. The van der Waals surface area contributed by atoms with Gasteiger partial charge in [0.25, 0.3) is 0 Å². The molecule has 51 valence electrons. The maximum atomic E-state index is 4.17. The fraction of sp³-hybridized carbons (Fsp3) is 0.125. The summed E-state index contributed by atoms with van der Waals surface area (Å²) in [6.07, 6.45) is 2.98. The summed E-state index contributed by atoms with van der Waals surface area (Å²) < 4.78 is 4.17. The van der Waals surface area contributed by atoms with Crippen LogP contribution in [0.5, 0.6) is 0 Å². The van der Waals surface area contributed by atoms with Crippen molar-refractivity contribution in [3.63, 3.8) is 0 Å². The van der Waals surface area contributed by atoms with Crippen LogP contribution in [0.25, 0.3) is 0 Å². The van der Waals surface area contributed by atoms with Crippen molar-refractivity contribution < 1.29 is 0 Å². The van der Waals surface area contributed by atoms with Crippen molar-refractivity contribution in [2.24, 2.45) is 4.40 Å². The number of benzene rings is 1. The van der Waals surface area contributed by atoms with Crippen LogP contribution in [0.2, 0.25) is 0 Å². The predicted molar refractivity (Wildman–Crippen MR) is 45.9 cm³/mol. The Balaban J connectivity index is 2.47. The number of rotatable bonds is 0. The Hall–Kier alpha value is -0.760. The maximum absolute atomic E-state index is 4.17. The molecule has 0 N–H and O–H groups in total. The number of hydrogen-bond donors (Lipinski definition) is 1. The van der Waals surface area contributed by atoms with Crippen LogP contribution in [0.1, 0.15) is 5.56 Å². The molecule has 0 bridgehead atoms. The molecule has 1 heterocycles. The van der Waals surface area contributed by atoms with Gasteiger partial charge in [0, 0.05) is 17.5 Å². The van der Waals surface area contributed by atoms with Crippen molar-refractivity contribution in [3.8, 4) is 0 Å². The van der Waals surface area contributed by atoms with E-state index in [1.807, 2.05) is 6.21 Å². The summed E-state index contributed by atoms with van der Waals surface area (Å²) in [6, 6.07) is 8.43. The van der Waals surface area contributed by atoms with Crippen molar-refractivity contribution in [1.82, 2.24) is 0 Å². The summed E-state index contributed by atoms with van der Waals surface area (Å²) in [6.45, 7) is 0. The first-order valence-electron chi connectivity index (χ1n) is 3.27. The van der Waals surface area contributed by atoms with Gasteiger partial charge in [-0.15, -0.1) is 0 Å². The van der Waals surface area contributed by atoms with E-state index in [1.54, 1.807) is 0 Å². The molecular weight excluding hydrogens is 142 g/mol. The topological polar surface area (TPSA) is 12.4 Å². The van der Waals surface area contributed by atoms with Gasteiger partial charge in [-0.3, -0.25) is 0 Å². The zero-order valence-electron chi connectivity index (χ0n) is 5.49. The maximum Gasteiger partial charge on any atom is 0.0193 e. The van der Waals surface area contributed by atoms with E-state index < -0.39 is 0 Å². The molecule has 1 nitrogen and oxygen atoms in total. The van der Waals surface area contributed by atoms with Gasteiger partial charge in [0.2, 0.25) is 0 Å². The van der Waals surface area contributed by atoms with E-state index in [2.05, 4.69) is 28.7 Å².